The van der Waals surface area contributed by atoms with Gasteiger partial charge in [0.15, 0.2) is 0 Å². The molecule has 0 spiro atoms. The highest BCUT2D eigenvalue weighted by molar-refractivity contribution is 5.95. The standard InChI is InChI=1S/C19H31N5O.ClH/c1-3-14(2)24-18(15-4-5-15)17(12-21-24)19(25)23-9-6-16(13-23)22-10-7-20-8-11-22;/h12,14-16,20H,3-11,13H2,1-2H3;1H. The van der Waals surface area contributed by atoms with Crippen LogP contribution >= 0.6 is 12.4 Å². The third kappa shape index (κ3) is 3.78. The number of nitrogens with one attached hydrogen (secondary N) is 1. The molecular formula is C19H32ClN5O. The second-order valence-corrected chi connectivity index (χ2v) is 7.90. The molecule has 1 saturated carbocycles. The minimum atomic E-state index is 0. The van der Waals surface area contributed by atoms with E-state index in [1.54, 1.807) is 0 Å². The summed E-state index contributed by atoms with van der Waals surface area (Å²) in [5.74, 6) is 0.746. The Bertz CT molecular complexity index is 623. The predicted molar refractivity (Wildman–Crippen MR) is 105 cm³/mol. The number of aromatic nitrogens is 2. The average molecular weight is 382 g/mol. The lowest BCUT2D eigenvalue weighted by molar-refractivity contribution is 0.0772. The van der Waals surface area contributed by atoms with Crippen LogP contribution in [0.3, 0.4) is 0 Å². The highest BCUT2D eigenvalue weighted by Gasteiger charge is 2.37. The van der Waals surface area contributed by atoms with Gasteiger partial charge in [0.25, 0.3) is 5.91 Å². The van der Waals surface area contributed by atoms with Crippen molar-refractivity contribution in [1.29, 1.82) is 0 Å². The molecule has 1 aromatic rings. The number of carbonyl (C=O) groups excluding carboxylic acids is 1. The van der Waals surface area contributed by atoms with Gasteiger partial charge < -0.3 is 10.2 Å². The van der Waals surface area contributed by atoms with Crippen molar-refractivity contribution in [3.63, 3.8) is 0 Å². The molecular weight excluding hydrogens is 350 g/mol. The Morgan fingerprint density at radius 2 is 2.00 bits per heavy atom. The first-order valence-electron chi connectivity index (χ1n) is 10.0. The molecule has 4 rings (SSSR count). The molecule has 3 fully saturated rings. The minimum absolute atomic E-state index is 0. The van der Waals surface area contributed by atoms with Gasteiger partial charge in [0, 0.05) is 57.3 Å². The minimum Gasteiger partial charge on any atom is -0.337 e. The third-order valence-corrected chi connectivity index (χ3v) is 6.16. The number of hydrogen-bond donors (Lipinski definition) is 1. The summed E-state index contributed by atoms with van der Waals surface area (Å²) in [5, 5.41) is 8.01. The second kappa shape index (κ2) is 8.28. The van der Waals surface area contributed by atoms with Crippen molar-refractivity contribution in [3.8, 4) is 0 Å². The maximum Gasteiger partial charge on any atom is 0.257 e. The van der Waals surface area contributed by atoms with Gasteiger partial charge in [-0.15, -0.1) is 12.4 Å². The largest absolute Gasteiger partial charge is 0.337 e. The molecule has 0 radical (unpaired) electrons. The Morgan fingerprint density at radius 3 is 2.65 bits per heavy atom. The Balaban J connectivity index is 0.00000196. The lowest BCUT2D eigenvalue weighted by Gasteiger charge is -2.32. The molecule has 1 aromatic heterocycles. The molecule has 1 N–H and O–H groups in total. The van der Waals surface area contributed by atoms with Crippen LogP contribution in [0.2, 0.25) is 0 Å². The quantitative estimate of drug-likeness (QED) is 0.850. The van der Waals surface area contributed by atoms with Crippen molar-refractivity contribution < 1.29 is 4.79 Å². The summed E-state index contributed by atoms with van der Waals surface area (Å²) in [5.41, 5.74) is 2.06. The van der Waals surface area contributed by atoms with Crippen LogP contribution in [0.25, 0.3) is 0 Å². The molecule has 2 aliphatic heterocycles. The fourth-order valence-corrected chi connectivity index (χ4v) is 4.27. The molecule has 1 amide bonds. The number of likely N-dealkylation sites (tertiary alicyclic amines) is 1. The molecule has 2 atom stereocenters. The zero-order valence-corrected chi connectivity index (χ0v) is 16.8. The zero-order chi connectivity index (χ0) is 17.4. The van der Waals surface area contributed by atoms with Gasteiger partial charge in [-0.1, -0.05) is 6.92 Å². The summed E-state index contributed by atoms with van der Waals surface area (Å²) in [7, 11) is 0. The highest BCUT2D eigenvalue weighted by atomic mass is 35.5. The van der Waals surface area contributed by atoms with E-state index in [1.807, 2.05) is 6.20 Å². The Kier molecular flexibility index (Phi) is 6.25. The van der Waals surface area contributed by atoms with Gasteiger partial charge >= 0.3 is 0 Å². The van der Waals surface area contributed by atoms with Gasteiger partial charge in [-0.2, -0.15) is 5.10 Å². The third-order valence-electron chi connectivity index (χ3n) is 6.16. The summed E-state index contributed by atoms with van der Waals surface area (Å²) >= 11 is 0. The summed E-state index contributed by atoms with van der Waals surface area (Å²) in [6.45, 7) is 10.5. The van der Waals surface area contributed by atoms with Crippen LogP contribution in [0.15, 0.2) is 6.20 Å². The SMILES string of the molecule is CCC(C)n1ncc(C(=O)N2CCC(N3CCNCC3)C2)c1C1CC1.Cl. The van der Waals surface area contributed by atoms with Gasteiger partial charge in [0.1, 0.15) is 0 Å². The van der Waals surface area contributed by atoms with Crippen LogP contribution < -0.4 is 5.32 Å². The zero-order valence-electron chi connectivity index (χ0n) is 16.0. The van der Waals surface area contributed by atoms with Crippen molar-refractivity contribution in [2.75, 3.05) is 39.3 Å². The van der Waals surface area contributed by atoms with E-state index >= 15 is 0 Å². The fourth-order valence-electron chi connectivity index (χ4n) is 4.27. The lowest BCUT2D eigenvalue weighted by atomic mass is 10.1. The number of hydrogen-bond acceptors (Lipinski definition) is 4. The first-order valence-corrected chi connectivity index (χ1v) is 10.0. The number of rotatable bonds is 5. The van der Waals surface area contributed by atoms with Gasteiger partial charge in [0.2, 0.25) is 0 Å². The van der Waals surface area contributed by atoms with Crippen LogP contribution in [0.5, 0.6) is 0 Å². The molecule has 3 heterocycles. The van der Waals surface area contributed by atoms with E-state index in [1.165, 1.54) is 18.5 Å². The second-order valence-electron chi connectivity index (χ2n) is 7.90. The van der Waals surface area contributed by atoms with E-state index in [4.69, 9.17) is 0 Å². The molecule has 146 valence electrons. The summed E-state index contributed by atoms with van der Waals surface area (Å²) in [4.78, 5) is 17.8. The van der Waals surface area contributed by atoms with E-state index in [-0.39, 0.29) is 18.3 Å². The molecule has 26 heavy (non-hydrogen) atoms. The molecule has 2 saturated heterocycles. The maximum absolute atomic E-state index is 13.2. The van der Waals surface area contributed by atoms with Gasteiger partial charge in [0.05, 0.1) is 17.5 Å². The first-order chi connectivity index (χ1) is 12.2. The van der Waals surface area contributed by atoms with Gasteiger partial charge in [-0.25, -0.2) is 0 Å². The summed E-state index contributed by atoms with van der Waals surface area (Å²) in [6.07, 6.45) is 6.38. The highest BCUT2D eigenvalue weighted by Crippen LogP contribution is 2.43. The topological polar surface area (TPSA) is 53.4 Å². The van der Waals surface area contributed by atoms with E-state index in [9.17, 15) is 4.79 Å². The number of amides is 1. The molecule has 0 aromatic carbocycles. The van der Waals surface area contributed by atoms with E-state index in [0.29, 0.717) is 18.0 Å². The smallest absolute Gasteiger partial charge is 0.257 e. The van der Waals surface area contributed by atoms with Crippen LogP contribution in [-0.4, -0.2) is 70.8 Å². The van der Waals surface area contributed by atoms with Gasteiger partial charge in [-0.3, -0.25) is 14.4 Å². The molecule has 7 heteroatoms. The summed E-state index contributed by atoms with van der Waals surface area (Å²) < 4.78 is 2.12. The summed E-state index contributed by atoms with van der Waals surface area (Å²) in [6, 6.07) is 0.893. The normalized spacial score (nSPS) is 25.2. The monoisotopic (exact) mass is 381 g/mol. The Hall–Kier alpha value is -1.11. The molecule has 2 unspecified atom stereocenters. The van der Waals surface area contributed by atoms with Crippen LogP contribution in [-0.2, 0) is 0 Å². The van der Waals surface area contributed by atoms with E-state index < -0.39 is 0 Å². The molecule has 1 aliphatic carbocycles. The van der Waals surface area contributed by atoms with Crippen LogP contribution in [0.1, 0.15) is 67.5 Å². The predicted octanol–water partition coefficient (Wildman–Crippen LogP) is 2.27. The van der Waals surface area contributed by atoms with Crippen LogP contribution in [0.4, 0.5) is 0 Å². The van der Waals surface area contributed by atoms with Crippen molar-refractivity contribution in [1.82, 2.24) is 24.9 Å². The molecule has 6 nitrogen and oxygen atoms in total. The molecule has 0 bridgehead atoms. The van der Waals surface area contributed by atoms with Crippen LogP contribution in [0, 0.1) is 0 Å². The van der Waals surface area contributed by atoms with Crippen molar-refractivity contribution in [2.45, 2.75) is 57.5 Å². The maximum atomic E-state index is 13.2. The van der Waals surface area contributed by atoms with Crippen molar-refractivity contribution >= 4 is 18.3 Å². The lowest BCUT2D eigenvalue weighted by Crippen LogP contribution is -2.49. The van der Waals surface area contributed by atoms with Crippen molar-refractivity contribution in [3.05, 3.63) is 17.5 Å². The number of piperazine rings is 1. The Morgan fingerprint density at radius 1 is 1.27 bits per heavy atom. The molecule has 3 aliphatic rings. The Labute approximate surface area is 162 Å². The van der Waals surface area contributed by atoms with Gasteiger partial charge in [-0.05, 0) is 32.6 Å². The number of nitrogens with zero attached hydrogens (tertiary/aromatic N) is 4. The average Bonchev–Trinajstić information content (AvgIpc) is 3.21. The van der Waals surface area contributed by atoms with Crippen molar-refractivity contribution in [2.24, 2.45) is 0 Å². The van der Waals surface area contributed by atoms with E-state index in [0.717, 1.165) is 57.7 Å². The number of carbonyl (C=O) groups is 1. The van der Waals surface area contributed by atoms with E-state index in [2.05, 4.69) is 38.7 Å². The first kappa shape index (κ1) is 19.6. The fraction of sp³-hybridized carbons (Fsp3) is 0.789. The number of halogens is 1.